The average Bonchev–Trinajstić information content (AvgIpc) is 3.46. The summed E-state index contributed by atoms with van der Waals surface area (Å²) in [5.74, 6) is -0.193. The summed E-state index contributed by atoms with van der Waals surface area (Å²) in [6.45, 7) is 3.77. The van der Waals surface area contributed by atoms with Crippen molar-refractivity contribution in [1.82, 2.24) is 14.1 Å². The Labute approximate surface area is 224 Å². The third-order valence-corrected chi connectivity index (χ3v) is 8.41. The minimum absolute atomic E-state index is 0.0464. The molecule has 2 aliphatic rings. The van der Waals surface area contributed by atoms with Crippen LogP contribution < -0.4 is 9.64 Å². The van der Waals surface area contributed by atoms with Gasteiger partial charge in [0.05, 0.1) is 36.8 Å². The second-order valence-corrected chi connectivity index (χ2v) is 11.1. The van der Waals surface area contributed by atoms with Gasteiger partial charge in [-0.3, -0.25) is 9.59 Å². The van der Waals surface area contributed by atoms with E-state index in [1.165, 1.54) is 21.1 Å². The lowest BCUT2D eigenvalue weighted by atomic mass is 10.2. The van der Waals surface area contributed by atoms with E-state index in [4.69, 9.17) is 26.1 Å². The Balaban J connectivity index is 1.39. The lowest BCUT2D eigenvalue weighted by Crippen LogP contribution is -2.40. The number of morpholine rings is 1. The summed E-state index contributed by atoms with van der Waals surface area (Å²) in [5, 5.41) is 4.36. The lowest BCUT2D eigenvalue weighted by Gasteiger charge is -2.26. The number of benzene rings is 2. The average molecular weight is 559 g/mol. The Morgan fingerprint density at radius 2 is 1.84 bits per heavy atom. The standard InChI is InChI=1S/C25H26N4O7S2/c1-2-12-35-19-8-6-18(7-9-19)28-22(30)16-21(24(28)31)29-25(37)36-23(26-29)17-4-3-5-20(15-17)38(32,33)27-10-13-34-14-11-27/h3-9,15,21H,2,10-14,16H2,1H3/t21-/m0/s1. The fourth-order valence-corrected chi connectivity index (χ4v) is 6.02. The maximum absolute atomic E-state index is 13.3. The highest BCUT2D eigenvalue weighted by atomic mass is 32.2. The highest BCUT2D eigenvalue weighted by Crippen LogP contribution is 2.32. The van der Waals surface area contributed by atoms with Gasteiger partial charge in [-0.1, -0.05) is 13.0 Å². The van der Waals surface area contributed by atoms with Gasteiger partial charge >= 0.3 is 0 Å². The Kier molecular flexibility index (Phi) is 7.43. The van der Waals surface area contributed by atoms with E-state index < -0.39 is 27.9 Å². The van der Waals surface area contributed by atoms with Crippen LogP contribution in [0.4, 0.5) is 5.69 Å². The highest BCUT2D eigenvalue weighted by molar-refractivity contribution is 7.89. The number of nitrogens with zero attached hydrogens (tertiary/aromatic N) is 4. The number of anilines is 1. The van der Waals surface area contributed by atoms with E-state index in [1.807, 2.05) is 6.92 Å². The predicted octanol–water partition coefficient (Wildman–Crippen LogP) is 3.19. The zero-order valence-electron chi connectivity index (χ0n) is 20.6. The molecule has 11 nitrogen and oxygen atoms in total. The molecule has 5 rings (SSSR count). The number of hydrogen-bond acceptors (Lipinski definition) is 9. The summed E-state index contributed by atoms with van der Waals surface area (Å²) in [5.41, 5.74) is 0.795. The van der Waals surface area contributed by atoms with E-state index in [9.17, 15) is 18.0 Å². The van der Waals surface area contributed by atoms with Gasteiger partial charge in [0.1, 0.15) is 11.8 Å². The molecule has 0 bridgehead atoms. The molecule has 0 N–H and O–H groups in total. The minimum atomic E-state index is -3.74. The van der Waals surface area contributed by atoms with Crippen molar-refractivity contribution in [2.45, 2.75) is 30.7 Å². The predicted molar refractivity (Wildman–Crippen MR) is 139 cm³/mol. The van der Waals surface area contributed by atoms with Crippen LogP contribution in [-0.4, -0.2) is 67.2 Å². The number of rotatable bonds is 8. The van der Waals surface area contributed by atoms with Crippen LogP contribution in [-0.2, 0) is 24.3 Å². The van der Waals surface area contributed by atoms with Gasteiger partial charge in [0.25, 0.3) is 10.7 Å². The molecule has 2 fully saturated rings. The van der Waals surface area contributed by atoms with Crippen LogP contribution in [0, 0.1) is 4.84 Å². The smallest absolute Gasteiger partial charge is 0.288 e. The summed E-state index contributed by atoms with van der Waals surface area (Å²) in [7, 11) is -3.74. The Bertz CT molecular complexity index is 1510. The van der Waals surface area contributed by atoms with Crippen LogP contribution in [0.25, 0.3) is 11.5 Å². The maximum Gasteiger partial charge on any atom is 0.288 e. The fraction of sp³-hybridized carbons (Fsp3) is 0.360. The zero-order chi connectivity index (χ0) is 26.9. The number of carbonyl (C=O) groups excluding carboxylic acids is 2. The van der Waals surface area contributed by atoms with Crippen molar-refractivity contribution in [2.75, 3.05) is 37.8 Å². The molecule has 0 saturated carbocycles. The van der Waals surface area contributed by atoms with Crippen molar-refractivity contribution in [1.29, 1.82) is 0 Å². The number of sulfonamides is 1. The Morgan fingerprint density at radius 1 is 1.11 bits per heavy atom. The van der Waals surface area contributed by atoms with E-state index in [2.05, 4.69) is 5.10 Å². The van der Waals surface area contributed by atoms with Gasteiger partial charge in [-0.15, -0.1) is 5.10 Å². The quantitative estimate of drug-likeness (QED) is 0.303. The van der Waals surface area contributed by atoms with Crippen molar-refractivity contribution in [3.8, 4) is 17.2 Å². The number of aromatic nitrogens is 2. The molecule has 1 atom stereocenters. The second kappa shape index (κ2) is 10.8. The van der Waals surface area contributed by atoms with E-state index in [1.54, 1.807) is 36.4 Å². The molecule has 13 heteroatoms. The highest BCUT2D eigenvalue weighted by Gasteiger charge is 2.42. The van der Waals surface area contributed by atoms with Crippen molar-refractivity contribution >= 4 is 39.7 Å². The van der Waals surface area contributed by atoms with Crippen LogP contribution in [0.2, 0.25) is 0 Å². The molecule has 0 aliphatic carbocycles. The van der Waals surface area contributed by atoms with Crippen molar-refractivity contribution in [3.05, 3.63) is 53.4 Å². The van der Waals surface area contributed by atoms with Gasteiger partial charge in [-0.2, -0.15) is 4.31 Å². The van der Waals surface area contributed by atoms with Gasteiger partial charge in [-0.25, -0.2) is 18.0 Å². The Hall–Kier alpha value is -3.39. The molecule has 0 unspecified atom stereocenters. The lowest BCUT2D eigenvalue weighted by molar-refractivity contribution is -0.122. The van der Waals surface area contributed by atoms with E-state index >= 15 is 0 Å². The normalized spacial score (nSPS) is 18.8. The van der Waals surface area contributed by atoms with Crippen LogP contribution in [0.3, 0.4) is 0 Å². The third kappa shape index (κ3) is 5.01. The van der Waals surface area contributed by atoms with E-state index in [-0.39, 0.29) is 35.1 Å². The second-order valence-electron chi connectivity index (χ2n) is 8.79. The number of hydrogen-bond donors (Lipinski definition) is 0. The maximum atomic E-state index is 13.3. The van der Waals surface area contributed by atoms with Gasteiger partial charge < -0.3 is 13.9 Å². The number of amides is 2. The topological polar surface area (TPSA) is 124 Å². The summed E-state index contributed by atoms with van der Waals surface area (Å²) in [4.78, 5) is 27.1. The fourth-order valence-electron chi connectivity index (χ4n) is 4.32. The first-order chi connectivity index (χ1) is 18.3. The SMILES string of the molecule is CCCOc1ccc(N2C(=O)C[C@H](n3nc(-c4cccc(S(=O)(=O)N5CCOCC5)c4)oc3=S)C2=O)cc1. The monoisotopic (exact) mass is 558 g/mol. The van der Waals surface area contributed by atoms with Gasteiger partial charge in [0.15, 0.2) is 0 Å². The van der Waals surface area contributed by atoms with Gasteiger partial charge in [0, 0.05) is 18.7 Å². The molecule has 2 amide bonds. The summed E-state index contributed by atoms with van der Waals surface area (Å²) >= 11 is 5.32. The first kappa shape index (κ1) is 26.2. The van der Waals surface area contributed by atoms with E-state index in [0.717, 1.165) is 11.3 Å². The molecule has 2 aliphatic heterocycles. The van der Waals surface area contributed by atoms with Crippen molar-refractivity contribution in [3.63, 3.8) is 0 Å². The third-order valence-electron chi connectivity index (χ3n) is 6.24. The number of carbonyl (C=O) groups is 2. The summed E-state index contributed by atoms with van der Waals surface area (Å²) in [6.07, 6.45) is 0.722. The first-order valence-corrected chi connectivity index (χ1v) is 14.0. The molecular formula is C25H26N4O7S2. The molecule has 3 heterocycles. The zero-order valence-corrected chi connectivity index (χ0v) is 22.2. The molecule has 1 aromatic heterocycles. The van der Waals surface area contributed by atoms with E-state index in [0.29, 0.717) is 36.8 Å². The molecule has 38 heavy (non-hydrogen) atoms. The summed E-state index contributed by atoms with van der Waals surface area (Å²) in [6, 6.07) is 11.9. The molecule has 0 radical (unpaired) electrons. The van der Waals surface area contributed by atoms with Gasteiger partial charge in [0.2, 0.25) is 21.8 Å². The number of imide groups is 1. The first-order valence-electron chi connectivity index (χ1n) is 12.2. The minimum Gasteiger partial charge on any atom is -0.494 e. The van der Waals surface area contributed by atoms with Crippen LogP contribution in [0.1, 0.15) is 25.8 Å². The largest absolute Gasteiger partial charge is 0.494 e. The molecule has 2 saturated heterocycles. The summed E-state index contributed by atoms with van der Waals surface area (Å²) < 4.78 is 45.2. The van der Waals surface area contributed by atoms with Crippen LogP contribution in [0.5, 0.6) is 5.75 Å². The number of ether oxygens (including phenoxy) is 2. The molecule has 0 spiro atoms. The molecular weight excluding hydrogens is 532 g/mol. The molecule has 2 aromatic carbocycles. The van der Waals surface area contributed by atoms with Crippen molar-refractivity contribution < 1.29 is 31.9 Å². The molecule has 3 aromatic rings. The van der Waals surface area contributed by atoms with Crippen LogP contribution in [0.15, 0.2) is 57.8 Å². The van der Waals surface area contributed by atoms with Crippen molar-refractivity contribution in [2.24, 2.45) is 0 Å². The van der Waals surface area contributed by atoms with Gasteiger partial charge in [-0.05, 0) is 61.1 Å². The molecule has 200 valence electrons. The Morgan fingerprint density at radius 3 is 2.55 bits per heavy atom. The van der Waals surface area contributed by atoms with Crippen LogP contribution >= 0.6 is 12.2 Å².